The molecule has 1 aromatic rings. The molecule has 0 spiro atoms. The van der Waals surface area contributed by atoms with Gasteiger partial charge in [-0.25, -0.2) is 0 Å². The van der Waals surface area contributed by atoms with Gasteiger partial charge in [-0.1, -0.05) is 11.6 Å². The Kier molecular flexibility index (Phi) is 7.30. The first-order valence-electron chi connectivity index (χ1n) is 6.40. The molecular formula is C14H21ClN2O2. The number of hydrogen-bond acceptors (Lipinski definition) is 3. The number of nitrogens with zero attached hydrogens (tertiary/aromatic N) is 1. The molecule has 19 heavy (non-hydrogen) atoms. The number of halogens is 1. The van der Waals surface area contributed by atoms with Crippen LogP contribution in [0, 0.1) is 0 Å². The second-order valence-electron chi connectivity index (χ2n) is 4.32. The SMILES string of the molecule is CNCCCC(=O)N(C)CCOc1ccc(Cl)cc1. The predicted molar refractivity (Wildman–Crippen MR) is 77.7 cm³/mol. The normalized spacial score (nSPS) is 10.3. The molecule has 0 aliphatic heterocycles. The van der Waals surface area contributed by atoms with Gasteiger partial charge in [-0.05, 0) is 44.3 Å². The summed E-state index contributed by atoms with van der Waals surface area (Å²) in [6.45, 7) is 1.93. The molecule has 0 saturated carbocycles. The van der Waals surface area contributed by atoms with Crippen LogP contribution in [0.15, 0.2) is 24.3 Å². The summed E-state index contributed by atoms with van der Waals surface area (Å²) in [7, 11) is 3.68. The van der Waals surface area contributed by atoms with Crippen molar-refractivity contribution in [1.82, 2.24) is 10.2 Å². The van der Waals surface area contributed by atoms with Crippen molar-refractivity contribution in [2.24, 2.45) is 0 Å². The third-order valence-electron chi connectivity index (χ3n) is 2.75. The third kappa shape index (κ3) is 6.45. The van der Waals surface area contributed by atoms with Gasteiger partial charge in [-0.2, -0.15) is 0 Å². The highest BCUT2D eigenvalue weighted by Crippen LogP contribution is 2.15. The number of likely N-dealkylation sites (N-methyl/N-ethyl adjacent to an activating group) is 1. The number of nitrogens with one attached hydrogen (secondary N) is 1. The molecule has 4 nitrogen and oxygen atoms in total. The molecule has 0 bridgehead atoms. The summed E-state index contributed by atoms with van der Waals surface area (Å²) in [5, 5.41) is 3.71. The summed E-state index contributed by atoms with van der Waals surface area (Å²) in [6, 6.07) is 7.20. The molecule has 1 N–H and O–H groups in total. The molecule has 1 amide bonds. The Morgan fingerprint density at radius 2 is 2.05 bits per heavy atom. The van der Waals surface area contributed by atoms with Crippen LogP contribution in [-0.4, -0.2) is 44.6 Å². The van der Waals surface area contributed by atoms with Crippen LogP contribution in [0.1, 0.15) is 12.8 Å². The Balaban J connectivity index is 2.20. The van der Waals surface area contributed by atoms with E-state index < -0.39 is 0 Å². The Labute approximate surface area is 119 Å². The summed E-state index contributed by atoms with van der Waals surface area (Å²) in [5.74, 6) is 0.912. The molecule has 5 heteroatoms. The lowest BCUT2D eigenvalue weighted by Crippen LogP contribution is -2.31. The van der Waals surface area contributed by atoms with Gasteiger partial charge in [-0.15, -0.1) is 0 Å². The molecule has 0 aliphatic carbocycles. The zero-order valence-corrected chi connectivity index (χ0v) is 12.2. The summed E-state index contributed by atoms with van der Waals surface area (Å²) < 4.78 is 5.54. The fourth-order valence-electron chi connectivity index (χ4n) is 1.56. The van der Waals surface area contributed by atoms with Gasteiger partial charge < -0.3 is 15.0 Å². The molecule has 0 radical (unpaired) electrons. The number of carbonyl (C=O) groups excluding carboxylic acids is 1. The van der Waals surface area contributed by atoms with Crippen molar-refractivity contribution < 1.29 is 9.53 Å². The molecule has 0 unspecified atom stereocenters. The fourth-order valence-corrected chi connectivity index (χ4v) is 1.69. The van der Waals surface area contributed by atoms with Gasteiger partial charge in [0.2, 0.25) is 5.91 Å². The Morgan fingerprint density at radius 1 is 1.37 bits per heavy atom. The molecule has 0 aliphatic rings. The van der Waals surface area contributed by atoms with E-state index in [9.17, 15) is 4.79 Å². The summed E-state index contributed by atoms with van der Waals surface area (Å²) in [4.78, 5) is 13.4. The van der Waals surface area contributed by atoms with Gasteiger partial charge in [0.25, 0.3) is 0 Å². The minimum absolute atomic E-state index is 0.148. The average molecular weight is 285 g/mol. The van der Waals surface area contributed by atoms with E-state index in [1.54, 1.807) is 24.1 Å². The van der Waals surface area contributed by atoms with Crippen LogP contribution >= 0.6 is 11.6 Å². The zero-order chi connectivity index (χ0) is 14.1. The summed E-state index contributed by atoms with van der Waals surface area (Å²) in [5.41, 5.74) is 0. The van der Waals surface area contributed by atoms with Crippen LogP contribution in [0.25, 0.3) is 0 Å². The largest absolute Gasteiger partial charge is 0.492 e. The van der Waals surface area contributed by atoms with Crippen molar-refractivity contribution in [3.63, 3.8) is 0 Å². The molecule has 0 atom stereocenters. The number of benzene rings is 1. The molecule has 106 valence electrons. The van der Waals surface area contributed by atoms with E-state index in [4.69, 9.17) is 16.3 Å². The zero-order valence-electron chi connectivity index (χ0n) is 11.5. The van der Waals surface area contributed by atoms with Gasteiger partial charge in [0.1, 0.15) is 12.4 Å². The van der Waals surface area contributed by atoms with Crippen molar-refractivity contribution in [3.05, 3.63) is 29.3 Å². The standard InChI is InChI=1S/C14H21ClN2O2/c1-16-9-3-4-14(18)17(2)10-11-19-13-7-5-12(15)6-8-13/h5-8,16H,3-4,9-11H2,1-2H3. The summed E-state index contributed by atoms with van der Waals surface area (Å²) in [6.07, 6.45) is 1.43. The highest BCUT2D eigenvalue weighted by molar-refractivity contribution is 6.30. The quantitative estimate of drug-likeness (QED) is 0.744. The smallest absolute Gasteiger partial charge is 0.222 e. The minimum Gasteiger partial charge on any atom is -0.492 e. The highest BCUT2D eigenvalue weighted by Gasteiger charge is 2.07. The van der Waals surface area contributed by atoms with E-state index in [1.165, 1.54) is 0 Å². The van der Waals surface area contributed by atoms with Gasteiger partial charge >= 0.3 is 0 Å². The van der Waals surface area contributed by atoms with Gasteiger partial charge in [-0.3, -0.25) is 4.79 Å². The maximum absolute atomic E-state index is 11.7. The van der Waals surface area contributed by atoms with Crippen LogP contribution < -0.4 is 10.1 Å². The van der Waals surface area contributed by atoms with Crippen molar-refractivity contribution in [1.29, 1.82) is 0 Å². The van der Waals surface area contributed by atoms with E-state index >= 15 is 0 Å². The average Bonchev–Trinajstić information content (AvgIpc) is 2.41. The molecule has 0 fully saturated rings. The first kappa shape index (κ1) is 15.8. The van der Waals surface area contributed by atoms with E-state index in [2.05, 4.69) is 5.32 Å². The van der Waals surface area contributed by atoms with Gasteiger partial charge in [0.15, 0.2) is 0 Å². The monoisotopic (exact) mass is 284 g/mol. The van der Waals surface area contributed by atoms with Crippen molar-refractivity contribution >= 4 is 17.5 Å². The molecule has 0 saturated heterocycles. The Bertz CT molecular complexity index is 382. The first-order chi connectivity index (χ1) is 9.13. The van der Waals surface area contributed by atoms with Gasteiger partial charge in [0, 0.05) is 18.5 Å². The minimum atomic E-state index is 0.148. The van der Waals surface area contributed by atoms with E-state index in [0.717, 1.165) is 18.7 Å². The van der Waals surface area contributed by atoms with Crippen LogP contribution in [-0.2, 0) is 4.79 Å². The number of ether oxygens (including phenoxy) is 1. The van der Waals surface area contributed by atoms with E-state index in [1.807, 2.05) is 19.2 Å². The van der Waals surface area contributed by atoms with E-state index in [0.29, 0.717) is 24.6 Å². The van der Waals surface area contributed by atoms with Gasteiger partial charge in [0.05, 0.1) is 6.54 Å². The molecule has 0 heterocycles. The predicted octanol–water partition coefficient (Wildman–Crippen LogP) is 2.18. The van der Waals surface area contributed by atoms with E-state index in [-0.39, 0.29) is 5.91 Å². The summed E-state index contributed by atoms with van der Waals surface area (Å²) >= 11 is 5.78. The maximum atomic E-state index is 11.7. The lowest BCUT2D eigenvalue weighted by Gasteiger charge is -2.17. The molecule has 1 rings (SSSR count). The second-order valence-corrected chi connectivity index (χ2v) is 4.76. The maximum Gasteiger partial charge on any atom is 0.222 e. The first-order valence-corrected chi connectivity index (χ1v) is 6.78. The highest BCUT2D eigenvalue weighted by atomic mass is 35.5. The Hall–Kier alpha value is -1.26. The lowest BCUT2D eigenvalue weighted by atomic mass is 10.3. The van der Waals surface area contributed by atoms with Crippen LogP contribution in [0.4, 0.5) is 0 Å². The lowest BCUT2D eigenvalue weighted by molar-refractivity contribution is -0.130. The third-order valence-corrected chi connectivity index (χ3v) is 3.00. The van der Waals surface area contributed by atoms with Crippen molar-refractivity contribution in [2.75, 3.05) is 33.8 Å². The van der Waals surface area contributed by atoms with Crippen LogP contribution in [0.2, 0.25) is 5.02 Å². The fraction of sp³-hybridized carbons (Fsp3) is 0.500. The number of rotatable bonds is 8. The number of carbonyl (C=O) groups is 1. The number of amides is 1. The topological polar surface area (TPSA) is 41.6 Å². The second kappa shape index (κ2) is 8.77. The molecule has 1 aromatic carbocycles. The number of hydrogen-bond donors (Lipinski definition) is 1. The molecule has 0 aromatic heterocycles. The Morgan fingerprint density at radius 3 is 2.68 bits per heavy atom. The van der Waals surface area contributed by atoms with Crippen molar-refractivity contribution in [2.45, 2.75) is 12.8 Å². The molecular weight excluding hydrogens is 264 g/mol. The van der Waals surface area contributed by atoms with Crippen LogP contribution in [0.3, 0.4) is 0 Å². The van der Waals surface area contributed by atoms with Crippen LogP contribution in [0.5, 0.6) is 5.75 Å². The van der Waals surface area contributed by atoms with Crippen molar-refractivity contribution in [3.8, 4) is 5.75 Å².